The Morgan fingerprint density at radius 3 is 2.31 bits per heavy atom. The molecular weight excluding hydrogens is 210 g/mol. The number of carbonyl (C=O) groups excluding carboxylic acids is 1. The lowest BCUT2D eigenvalue weighted by atomic mass is 9.92. The van der Waals surface area contributed by atoms with E-state index in [0.29, 0.717) is 5.56 Å². The third-order valence-electron chi connectivity index (χ3n) is 2.32. The summed E-state index contributed by atoms with van der Waals surface area (Å²) < 4.78 is 4.40. The van der Waals surface area contributed by atoms with Crippen LogP contribution in [0.2, 0.25) is 0 Å². The normalized spacial score (nSPS) is 13.6. The van der Waals surface area contributed by atoms with E-state index in [4.69, 9.17) is 5.11 Å². The zero-order valence-electron chi connectivity index (χ0n) is 9.06. The average Bonchev–Trinajstić information content (AvgIpc) is 2.29. The van der Waals surface area contributed by atoms with Crippen LogP contribution < -0.4 is 5.32 Å². The topological polar surface area (TPSA) is 75.6 Å². The van der Waals surface area contributed by atoms with Crippen LogP contribution in [0.15, 0.2) is 30.3 Å². The summed E-state index contributed by atoms with van der Waals surface area (Å²) in [7, 11) is 1.18. The molecule has 1 aromatic rings. The maximum Gasteiger partial charge on any atom is 0.408 e. The number of carboxylic acid groups (broad SMARTS) is 1. The predicted molar refractivity (Wildman–Crippen MR) is 57.0 cm³/mol. The number of benzene rings is 1. The van der Waals surface area contributed by atoms with Crippen molar-refractivity contribution in [3.05, 3.63) is 35.9 Å². The van der Waals surface area contributed by atoms with Gasteiger partial charge in [0.2, 0.25) is 0 Å². The van der Waals surface area contributed by atoms with E-state index in [9.17, 15) is 9.59 Å². The third-order valence-corrected chi connectivity index (χ3v) is 2.32. The molecule has 0 saturated carbocycles. The molecule has 1 atom stereocenters. The number of aliphatic carboxylic acids is 1. The van der Waals surface area contributed by atoms with E-state index < -0.39 is 17.6 Å². The predicted octanol–water partition coefficient (Wildman–Crippen LogP) is 1.34. The summed E-state index contributed by atoms with van der Waals surface area (Å²) >= 11 is 0. The van der Waals surface area contributed by atoms with Crippen molar-refractivity contribution in [2.24, 2.45) is 0 Å². The highest BCUT2D eigenvalue weighted by atomic mass is 16.5. The summed E-state index contributed by atoms with van der Waals surface area (Å²) in [6, 6.07) is 8.43. The van der Waals surface area contributed by atoms with Gasteiger partial charge in [0.25, 0.3) is 0 Å². The summed E-state index contributed by atoms with van der Waals surface area (Å²) in [5.74, 6) is -1.15. The van der Waals surface area contributed by atoms with Gasteiger partial charge in [0.1, 0.15) is 0 Å². The lowest BCUT2D eigenvalue weighted by Crippen LogP contribution is -2.49. The first-order valence-corrected chi connectivity index (χ1v) is 4.65. The van der Waals surface area contributed by atoms with Crippen LogP contribution >= 0.6 is 0 Å². The highest BCUT2D eigenvalue weighted by Crippen LogP contribution is 2.20. The molecule has 0 bridgehead atoms. The van der Waals surface area contributed by atoms with Crippen LogP contribution in [-0.2, 0) is 15.1 Å². The molecule has 0 heterocycles. The summed E-state index contributed by atoms with van der Waals surface area (Å²) in [5.41, 5.74) is -1.01. The van der Waals surface area contributed by atoms with Gasteiger partial charge in [0.15, 0.2) is 5.54 Å². The van der Waals surface area contributed by atoms with E-state index in [2.05, 4.69) is 10.1 Å². The second-order valence-corrected chi connectivity index (χ2v) is 3.41. The molecule has 1 aromatic carbocycles. The van der Waals surface area contributed by atoms with Crippen LogP contribution in [0.5, 0.6) is 0 Å². The molecule has 0 spiro atoms. The Kier molecular flexibility index (Phi) is 3.50. The van der Waals surface area contributed by atoms with Crippen molar-refractivity contribution in [2.75, 3.05) is 7.11 Å². The summed E-state index contributed by atoms with van der Waals surface area (Å²) in [5, 5.41) is 11.5. The van der Waals surface area contributed by atoms with E-state index in [-0.39, 0.29) is 0 Å². The molecule has 5 heteroatoms. The maximum atomic E-state index is 11.2. The zero-order valence-corrected chi connectivity index (χ0v) is 9.06. The van der Waals surface area contributed by atoms with Crippen molar-refractivity contribution in [3.63, 3.8) is 0 Å². The Morgan fingerprint density at radius 1 is 1.31 bits per heavy atom. The van der Waals surface area contributed by atoms with Gasteiger partial charge in [0, 0.05) is 0 Å². The summed E-state index contributed by atoms with van der Waals surface area (Å²) in [4.78, 5) is 22.3. The minimum absolute atomic E-state index is 0.480. The van der Waals surface area contributed by atoms with Crippen molar-refractivity contribution in [3.8, 4) is 0 Å². The second-order valence-electron chi connectivity index (χ2n) is 3.41. The number of hydrogen-bond donors (Lipinski definition) is 2. The van der Waals surface area contributed by atoms with E-state index in [1.165, 1.54) is 14.0 Å². The van der Waals surface area contributed by atoms with Crippen LogP contribution in [0.1, 0.15) is 12.5 Å². The van der Waals surface area contributed by atoms with Crippen LogP contribution in [0.3, 0.4) is 0 Å². The Morgan fingerprint density at radius 2 is 1.88 bits per heavy atom. The third kappa shape index (κ3) is 2.31. The SMILES string of the molecule is COC(=O)N[C@@](C)(C(=O)O)c1ccccc1. The molecule has 0 aromatic heterocycles. The zero-order chi connectivity index (χ0) is 12.2. The number of nitrogens with one attached hydrogen (secondary N) is 1. The molecule has 0 saturated heterocycles. The minimum atomic E-state index is -1.49. The summed E-state index contributed by atoms with van der Waals surface area (Å²) in [6.07, 6.45) is -0.784. The number of amides is 1. The number of rotatable bonds is 3. The second kappa shape index (κ2) is 4.65. The number of methoxy groups -OCH3 is 1. The molecule has 0 unspecified atom stereocenters. The van der Waals surface area contributed by atoms with Crippen molar-refractivity contribution < 1.29 is 19.4 Å². The molecule has 0 aliphatic carbocycles. The number of alkyl carbamates (subject to hydrolysis) is 1. The molecular formula is C11H13NO4. The first-order chi connectivity index (χ1) is 7.50. The molecule has 0 aliphatic rings. The van der Waals surface area contributed by atoms with E-state index in [0.717, 1.165) is 0 Å². The monoisotopic (exact) mass is 223 g/mol. The molecule has 16 heavy (non-hydrogen) atoms. The lowest BCUT2D eigenvalue weighted by Gasteiger charge is -2.25. The highest BCUT2D eigenvalue weighted by Gasteiger charge is 2.37. The first kappa shape index (κ1) is 12.0. The highest BCUT2D eigenvalue weighted by molar-refractivity contribution is 5.85. The van der Waals surface area contributed by atoms with E-state index in [1.807, 2.05) is 0 Å². The summed E-state index contributed by atoms with van der Waals surface area (Å²) in [6.45, 7) is 1.40. The van der Waals surface area contributed by atoms with Gasteiger partial charge in [-0.1, -0.05) is 30.3 Å². The Bertz CT molecular complexity index is 390. The smallest absolute Gasteiger partial charge is 0.408 e. The fraction of sp³-hybridized carbons (Fsp3) is 0.273. The largest absolute Gasteiger partial charge is 0.479 e. The average molecular weight is 223 g/mol. The van der Waals surface area contributed by atoms with Crippen LogP contribution in [0.4, 0.5) is 4.79 Å². The number of carbonyl (C=O) groups is 2. The van der Waals surface area contributed by atoms with Gasteiger partial charge >= 0.3 is 12.1 Å². The fourth-order valence-corrected chi connectivity index (χ4v) is 1.28. The van der Waals surface area contributed by atoms with Gasteiger partial charge in [-0.25, -0.2) is 9.59 Å². The quantitative estimate of drug-likeness (QED) is 0.810. The van der Waals surface area contributed by atoms with Crippen molar-refractivity contribution >= 4 is 12.1 Å². The fourth-order valence-electron chi connectivity index (χ4n) is 1.28. The molecule has 1 rings (SSSR count). The van der Waals surface area contributed by atoms with Crippen molar-refractivity contribution in [2.45, 2.75) is 12.5 Å². The molecule has 1 amide bonds. The first-order valence-electron chi connectivity index (χ1n) is 4.65. The van der Waals surface area contributed by atoms with Crippen molar-refractivity contribution in [1.82, 2.24) is 5.32 Å². The lowest BCUT2D eigenvalue weighted by molar-refractivity contribution is -0.144. The number of carboxylic acids is 1. The Hall–Kier alpha value is -2.04. The van der Waals surface area contributed by atoms with Gasteiger partial charge < -0.3 is 15.2 Å². The van der Waals surface area contributed by atoms with Gasteiger partial charge in [-0.05, 0) is 12.5 Å². The van der Waals surface area contributed by atoms with Gasteiger partial charge in [0.05, 0.1) is 7.11 Å². The molecule has 0 fully saturated rings. The molecule has 0 aliphatic heterocycles. The Balaban J connectivity index is 3.07. The van der Waals surface area contributed by atoms with Crippen LogP contribution in [0.25, 0.3) is 0 Å². The van der Waals surface area contributed by atoms with Gasteiger partial charge in [-0.3, -0.25) is 0 Å². The minimum Gasteiger partial charge on any atom is -0.479 e. The maximum absolute atomic E-state index is 11.2. The van der Waals surface area contributed by atoms with Crippen LogP contribution in [0, 0.1) is 0 Å². The number of hydrogen-bond acceptors (Lipinski definition) is 3. The van der Waals surface area contributed by atoms with Gasteiger partial charge in [-0.15, -0.1) is 0 Å². The van der Waals surface area contributed by atoms with Crippen LogP contribution in [-0.4, -0.2) is 24.3 Å². The van der Waals surface area contributed by atoms with E-state index >= 15 is 0 Å². The Labute approximate surface area is 93.0 Å². The standard InChI is InChI=1S/C11H13NO4/c1-11(9(13)14,12-10(15)16-2)8-6-4-3-5-7-8/h3-7H,1-2H3,(H,12,15)(H,13,14)/t11-/m1/s1. The number of ether oxygens (including phenoxy) is 1. The molecule has 86 valence electrons. The van der Waals surface area contributed by atoms with Crippen molar-refractivity contribution in [1.29, 1.82) is 0 Å². The molecule has 5 nitrogen and oxygen atoms in total. The molecule has 2 N–H and O–H groups in total. The van der Waals surface area contributed by atoms with E-state index in [1.54, 1.807) is 30.3 Å². The van der Waals surface area contributed by atoms with Gasteiger partial charge in [-0.2, -0.15) is 0 Å². The molecule has 0 radical (unpaired) electrons.